The second kappa shape index (κ2) is 4.35. The van der Waals surface area contributed by atoms with Crippen LogP contribution in [0.1, 0.15) is 16.1 Å². The maximum absolute atomic E-state index is 11.6. The van der Waals surface area contributed by atoms with E-state index in [1.807, 2.05) is 0 Å². The van der Waals surface area contributed by atoms with E-state index >= 15 is 0 Å². The number of rotatable bonds is 3. The Kier molecular flexibility index (Phi) is 3.35. The van der Waals surface area contributed by atoms with Gasteiger partial charge in [-0.05, 0) is 13.0 Å². The molecule has 0 fully saturated rings. The van der Waals surface area contributed by atoms with Crippen molar-refractivity contribution in [3.8, 4) is 0 Å². The molecule has 1 N–H and O–H groups in total. The molecule has 7 heteroatoms. The van der Waals surface area contributed by atoms with E-state index in [1.54, 1.807) is 12.4 Å². The minimum atomic E-state index is -4.47. The highest BCUT2D eigenvalue weighted by Gasteiger charge is 2.28. The van der Waals surface area contributed by atoms with Crippen LogP contribution in [0.15, 0.2) is 16.7 Å². The molecule has 0 radical (unpaired) electrons. The monoisotopic (exact) mass is 223 g/mol. The van der Waals surface area contributed by atoms with Crippen molar-refractivity contribution in [1.29, 1.82) is 0 Å². The summed E-state index contributed by atoms with van der Waals surface area (Å²) >= 11 is 0. The molecule has 1 amide bonds. The summed E-state index contributed by atoms with van der Waals surface area (Å²) in [6, 6.07) is 1.38. The Hall–Kier alpha value is -1.50. The number of furan rings is 1. The van der Waals surface area contributed by atoms with Crippen molar-refractivity contribution in [2.24, 2.45) is 0 Å². The average molecular weight is 223 g/mol. The molecule has 0 unspecified atom stereocenters. The lowest BCUT2D eigenvalue weighted by Gasteiger charge is -2.06. The van der Waals surface area contributed by atoms with Gasteiger partial charge in [0.25, 0.3) is 5.91 Å². The molecule has 84 valence electrons. The molecule has 0 bridgehead atoms. The number of hydrogen-bond acceptors (Lipinski definition) is 3. The predicted octanol–water partition coefficient (Wildman–Crippen LogP) is 1.81. The third kappa shape index (κ3) is 4.03. The molecule has 0 saturated carbocycles. The van der Waals surface area contributed by atoms with E-state index in [0.29, 0.717) is 5.76 Å². The molecule has 1 aromatic rings. The van der Waals surface area contributed by atoms with Crippen LogP contribution in [0.5, 0.6) is 0 Å². The Labute approximate surface area is 83.0 Å². The van der Waals surface area contributed by atoms with Crippen LogP contribution in [0.25, 0.3) is 0 Å². The van der Waals surface area contributed by atoms with Gasteiger partial charge < -0.3 is 4.42 Å². The maximum Gasteiger partial charge on any atom is 0.414 e. The number of amides is 1. The van der Waals surface area contributed by atoms with Crippen molar-refractivity contribution in [1.82, 2.24) is 5.48 Å². The number of hydrogen-bond donors (Lipinski definition) is 1. The largest absolute Gasteiger partial charge is 0.469 e. The highest BCUT2D eigenvalue weighted by atomic mass is 19.4. The van der Waals surface area contributed by atoms with E-state index in [4.69, 9.17) is 4.42 Å². The van der Waals surface area contributed by atoms with Gasteiger partial charge in [0.2, 0.25) is 0 Å². The smallest absolute Gasteiger partial charge is 0.414 e. The van der Waals surface area contributed by atoms with Gasteiger partial charge in [-0.15, -0.1) is 0 Å². The highest BCUT2D eigenvalue weighted by Crippen LogP contribution is 2.13. The van der Waals surface area contributed by atoms with E-state index in [2.05, 4.69) is 4.84 Å². The standard InChI is InChI=1S/C8H8F3NO3/c1-5-2-6(3-14-5)7(13)12-15-4-8(9,10)11/h2-3H,4H2,1H3,(H,12,13). The number of nitrogens with one attached hydrogen (secondary N) is 1. The van der Waals surface area contributed by atoms with Crippen molar-refractivity contribution in [2.45, 2.75) is 13.1 Å². The summed E-state index contributed by atoms with van der Waals surface area (Å²) in [6.07, 6.45) is -3.35. The summed E-state index contributed by atoms with van der Waals surface area (Å²) in [4.78, 5) is 15.0. The lowest BCUT2D eigenvalue weighted by atomic mass is 10.3. The molecular weight excluding hydrogens is 215 g/mol. The zero-order valence-electron chi connectivity index (χ0n) is 7.72. The van der Waals surface area contributed by atoms with Crippen molar-refractivity contribution >= 4 is 5.91 Å². The average Bonchev–Trinajstić information content (AvgIpc) is 2.49. The van der Waals surface area contributed by atoms with Gasteiger partial charge in [0.05, 0.1) is 5.56 Å². The fourth-order valence-electron chi connectivity index (χ4n) is 0.805. The number of hydroxylamine groups is 1. The zero-order chi connectivity index (χ0) is 11.5. The Bertz CT molecular complexity index is 345. The molecule has 1 rings (SSSR count). The van der Waals surface area contributed by atoms with Gasteiger partial charge in [-0.2, -0.15) is 13.2 Å². The number of carbonyl (C=O) groups is 1. The third-order valence-electron chi connectivity index (χ3n) is 1.39. The molecule has 0 atom stereocenters. The third-order valence-corrected chi connectivity index (χ3v) is 1.39. The topological polar surface area (TPSA) is 51.5 Å². The Balaban J connectivity index is 2.37. The van der Waals surface area contributed by atoms with Crippen LogP contribution in [-0.2, 0) is 4.84 Å². The van der Waals surface area contributed by atoms with Crippen LogP contribution in [0.2, 0.25) is 0 Å². The lowest BCUT2D eigenvalue weighted by molar-refractivity contribution is -0.184. The second-order valence-electron chi connectivity index (χ2n) is 2.78. The van der Waals surface area contributed by atoms with E-state index in [1.165, 1.54) is 6.07 Å². The van der Waals surface area contributed by atoms with Crippen molar-refractivity contribution < 1.29 is 27.2 Å². The van der Waals surface area contributed by atoms with Gasteiger partial charge in [0.15, 0.2) is 6.61 Å². The van der Waals surface area contributed by atoms with Crippen molar-refractivity contribution in [3.63, 3.8) is 0 Å². The van der Waals surface area contributed by atoms with Crippen LogP contribution in [-0.4, -0.2) is 18.7 Å². The van der Waals surface area contributed by atoms with E-state index < -0.39 is 18.7 Å². The SMILES string of the molecule is Cc1cc(C(=O)NOCC(F)(F)F)co1. The van der Waals surface area contributed by atoms with E-state index in [-0.39, 0.29) is 5.56 Å². The first-order chi connectivity index (χ1) is 6.88. The van der Waals surface area contributed by atoms with E-state index in [9.17, 15) is 18.0 Å². The minimum Gasteiger partial charge on any atom is -0.469 e. The van der Waals surface area contributed by atoms with Gasteiger partial charge in [-0.1, -0.05) is 0 Å². The van der Waals surface area contributed by atoms with E-state index in [0.717, 1.165) is 6.26 Å². The number of carbonyl (C=O) groups excluding carboxylic acids is 1. The van der Waals surface area contributed by atoms with Crippen LogP contribution in [0, 0.1) is 6.92 Å². The predicted molar refractivity (Wildman–Crippen MR) is 42.9 cm³/mol. The Morgan fingerprint density at radius 1 is 1.60 bits per heavy atom. The number of alkyl halides is 3. The molecule has 0 aromatic carbocycles. The Morgan fingerprint density at radius 3 is 2.73 bits per heavy atom. The summed E-state index contributed by atoms with van der Waals surface area (Å²) in [5, 5.41) is 0. The Morgan fingerprint density at radius 2 is 2.27 bits per heavy atom. The van der Waals surface area contributed by atoms with Crippen LogP contribution < -0.4 is 5.48 Å². The summed E-state index contributed by atoms with van der Waals surface area (Å²) in [5.41, 5.74) is 1.76. The van der Waals surface area contributed by atoms with Crippen LogP contribution in [0.4, 0.5) is 13.2 Å². The van der Waals surface area contributed by atoms with Gasteiger partial charge in [0.1, 0.15) is 12.0 Å². The molecule has 0 aliphatic heterocycles. The lowest BCUT2D eigenvalue weighted by Crippen LogP contribution is -2.29. The van der Waals surface area contributed by atoms with Crippen molar-refractivity contribution in [3.05, 3.63) is 23.7 Å². The summed E-state index contributed by atoms with van der Waals surface area (Å²) in [7, 11) is 0. The molecule has 1 heterocycles. The molecule has 0 saturated heterocycles. The first-order valence-electron chi connectivity index (χ1n) is 3.92. The molecule has 1 aromatic heterocycles. The number of halogens is 3. The fraction of sp³-hybridized carbons (Fsp3) is 0.375. The van der Waals surface area contributed by atoms with Crippen LogP contribution >= 0.6 is 0 Å². The minimum absolute atomic E-state index is 0.106. The molecule has 4 nitrogen and oxygen atoms in total. The molecule has 0 aliphatic carbocycles. The molecular formula is C8H8F3NO3. The first kappa shape index (κ1) is 11.6. The molecule has 0 aliphatic rings. The maximum atomic E-state index is 11.6. The highest BCUT2D eigenvalue weighted by molar-refractivity contribution is 5.93. The van der Waals surface area contributed by atoms with Crippen LogP contribution in [0.3, 0.4) is 0 Å². The van der Waals surface area contributed by atoms with Gasteiger partial charge in [0, 0.05) is 0 Å². The zero-order valence-corrected chi connectivity index (χ0v) is 7.72. The fourth-order valence-corrected chi connectivity index (χ4v) is 0.805. The van der Waals surface area contributed by atoms with Crippen molar-refractivity contribution in [2.75, 3.05) is 6.61 Å². The summed E-state index contributed by atoms with van der Waals surface area (Å²) < 4.78 is 39.6. The molecule has 0 spiro atoms. The van der Waals surface area contributed by atoms with Gasteiger partial charge >= 0.3 is 6.18 Å². The van der Waals surface area contributed by atoms with Gasteiger partial charge in [-0.25, -0.2) is 5.48 Å². The summed E-state index contributed by atoms with van der Waals surface area (Å²) in [6.45, 7) is 0.0723. The van der Waals surface area contributed by atoms with Gasteiger partial charge in [-0.3, -0.25) is 9.63 Å². The number of aryl methyl sites for hydroxylation is 1. The normalized spacial score (nSPS) is 11.5. The summed E-state index contributed by atoms with van der Waals surface area (Å²) in [5.74, 6) is -0.299. The first-order valence-corrected chi connectivity index (χ1v) is 3.92. The quantitative estimate of drug-likeness (QED) is 0.795. The second-order valence-corrected chi connectivity index (χ2v) is 2.78. The molecule has 15 heavy (non-hydrogen) atoms.